The number of carbonyl (C=O) groups is 1. The maximum Gasteiger partial charge on any atom is 0.222 e. The highest BCUT2D eigenvalue weighted by Crippen LogP contribution is 2.19. The Morgan fingerprint density at radius 3 is 3.00 bits per heavy atom. The summed E-state index contributed by atoms with van der Waals surface area (Å²) in [5.41, 5.74) is 5.39. The maximum atomic E-state index is 11.2. The van der Waals surface area contributed by atoms with Crippen LogP contribution < -0.4 is 5.73 Å². The van der Waals surface area contributed by atoms with E-state index in [1.807, 2.05) is 4.90 Å². The van der Waals surface area contributed by atoms with Crippen molar-refractivity contribution in [2.24, 2.45) is 5.73 Å². The van der Waals surface area contributed by atoms with Crippen LogP contribution in [-0.4, -0.2) is 29.9 Å². The topological polar surface area (TPSA) is 46.3 Å². The van der Waals surface area contributed by atoms with E-state index in [2.05, 4.69) is 6.92 Å². The van der Waals surface area contributed by atoms with Crippen LogP contribution in [0.1, 0.15) is 26.2 Å². The first-order valence-electron chi connectivity index (χ1n) is 4.29. The standard InChI is InChI=1S/C8H16N2O/c1-2-7-3-4-8(11)10(7)6-5-9/h7H,2-6,9H2,1H3/t7-/m0/s1. The Hall–Kier alpha value is -0.570. The van der Waals surface area contributed by atoms with Crippen LogP contribution in [0.5, 0.6) is 0 Å². The molecule has 0 spiro atoms. The molecule has 0 aliphatic carbocycles. The predicted molar refractivity (Wildman–Crippen MR) is 44.1 cm³/mol. The lowest BCUT2D eigenvalue weighted by Gasteiger charge is -2.22. The lowest BCUT2D eigenvalue weighted by molar-refractivity contribution is -0.128. The van der Waals surface area contributed by atoms with Gasteiger partial charge in [0.15, 0.2) is 0 Å². The van der Waals surface area contributed by atoms with Gasteiger partial charge in [-0.2, -0.15) is 0 Å². The number of likely N-dealkylation sites (tertiary alicyclic amines) is 1. The molecule has 1 fully saturated rings. The Labute approximate surface area is 67.5 Å². The fourth-order valence-corrected chi connectivity index (χ4v) is 1.66. The van der Waals surface area contributed by atoms with Gasteiger partial charge in [0.2, 0.25) is 5.91 Å². The monoisotopic (exact) mass is 156 g/mol. The third kappa shape index (κ3) is 1.71. The Kier molecular flexibility index (Phi) is 2.88. The molecule has 0 aromatic carbocycles. The van der Waals surface area contributed by atoms with E-state index in [4.69, 9.17) is 5.73 Å². The van der Waals surface area contributed by atoms with Gasteiger partial charge < -0.3 is 10.6 Å². The van der Waals surface area contributed by atoms with E-state index >= 15 is 0 Å². The second-order valence-electron chi connectivity index (χ2n) is 2.98. The second kappa shape index (κ2) is 3.72. The Morgan fingerprint density at radius 1 is 1.73 bits per heavy atom. The van der Waals surface area contributed by atoms with Gasteiger partial charge in [0.1, 0.15) is 0 Å². The van der Waals surface area contributed by atoms with Crippen LogP contribution in [-0.2, 0) is 4.79 Å². The highest BCUT2D eigenvalue weighted by atomic mass is 16.2. The number of nitrogens with zero attached hydrogens (tertiary/aromatic N) is 1. The zero-order valence-electron chi connectivity index (χ0n) is 7.05. The van der Waals surface area contributed by atoms with Crippen molar-refractivity contribution in [2.45, 2.75) is 32.2 Å². The van der Waals surface area contributed by atoms with Crippen LogP contribution in [0, 0.1) is 0 Å². The summed E-state index contributed by atoms with van der Waals surface area (Å²) in [6.45, 7) is 3.44. The van der Waals surface area contributed by atoms with Crippen molar-refractivity contribution in [1.29, 1.82) is 0 Å². The fourth-order valence-electron chi connectivity index (χ4n) is 1.66. The molecule has 2 N–H and O–H groups in total. The zero-order chi connectivity index (χ0) is 8.27. The van der Waals surface area contributed by atoms with E-state index < -0.39 is 0 Å². The number of carbonyl (C=O) groups excluding carboxylic acids is 1. The summed E-state index contributed by atoms with van der Waals surface area (Å²) in [4.78, 5) is 13.1. The highest BCUT2D eigenvalue weighted by Gasteiger charge is 2.28. The van der Waals surface area contributed by atoms with Crippen LogP contribution in [0.25, 0.3) is 0 Å². The third-order valence-corrected chi connectivity index (χ3v) is 2.29. The van der Waals surface area contributed by atoms with Crippen molar-refractivity contribution in [3.8, 4) is 0 Å². The molecule has 1 rings (SSSR count). The number of rotatable bonds is 3. The van der Waals surface area contributed by atoms with Crippen molar-refractivity contribution in [1.82, 2.24) is 4.90 Å². The number of hydrogen-bond donors (Lipinski definition) is 1. The van der Waals surface area contributed by atoms with Gasteiger partial charge in [0.25, 0.3) is 0 Å². The lowest BCUT2D eigenvalue weighted by atomic mass is 10.2. The van der Waals surface area contributed by atoms with Crippen molar-refractivity contribution in [2.75, 3.05) is 13.1 Å². The molecule has 3 heteroatoms. The van der Waals surface area contributed by atoms with Gasteiger partial charge >= 0.3 is 0 Å². The number of nitrogens with two attached hydrogens (primary N) is 1. The van der Waals surface area contributed by atoms with Gasteiger partial charge in [-0.3, -0.25) is 4.79 Å². The first kappa shape index (κ1) is 8.53. The van der Waals surface area contributed by atoms with Gasteiger partial charge in [-0.25, -0.2) is 0 Å². The number of hydrogen-bond acceptors (Lipinski definition) is 2. The van der Waals surface area contributed by atoms with Crippen LogP contribution in [0.3, 0.4) is 0 Å². The van der Waals surface area contributed by atoms with Gasteiger partial charge in [-0.1, -0.05) is 6.92 Å². The summed E-state index contributed by atoms with van der Waals surface area (Å²) < 4.78 is 0. The molecule has 11 heavy (non-hydrogen) atoms. The van der Waals surface area contributed by atoms with Gasteiger partial charge in [-0.05, 0) is 12.8 Å². The number of amides is 1. The third-order valence-electron chi connectivity index (χ3n) is 2.29. The zero-order valence-corrected chi connectivity index (χ0v) is 7.05. The van der Waals surface area contributed by atoms with Crippen LogP contribution in [0.15, 0.2) is 0 Å². The van der Waals surface area contributed by atoms with E-state index in [1.54, 1.807) is 0 Å². The molecule has 1 aliphatic heterocycles. The largest absolute Gasteiger partial charge is 0.338 e. The normalized spacial score (nSPS) is 24.7. The van der Waals surface area contributed by atoms with Crippen molar-refractivity contribution in [3.63, 3.8) is 0 Å². The molecule has 0 unspecified atom stereocenters. The molecular formula is C8H16N2O. The van der Waals surface area contributed by atoms with Crippen LogP contribution in [0.2, 0.25) is 0 Å². The lowest BCUT2D eigenvalue weighted by Crippen LogP contribution is -2.36. The quantitative estimate of drug-likeness (QED) is 0.640. The summed E-state index contributed by atoms with van der Waals surface area (Å²) in [6.07, 6.45) is 2.81. The van der Waals surface area contributed by atoms with E-state index in [9.17, 15) is 4.79 Å². The summed E-state index contributed by atoms with van der Waals surface area (Å²) in [5.74, 6) is 0.280. The van der Waals surface area contributed by atoms with Crippen molar-refractivity contribution < 1.29 is 4.79 Å². The molecule has 0 radical (unpaired) electrons. The SMILES string of the molecule is CC[C@H]1CCC(=O)N1CCN. The van der Waals surface area contributed by atoms with Crippen molar-refractivity contribution >= 4 is 5.91 Å². The summed E-state index contributed by atoms with van der Waals surface area (Å²) in [7, 11) is 0. The molecule has 1 heterocycles. The van der Waals surface area contributed by atoms with Gasteiger partial charge in [-0.15, -0.1) is 0 Å². The predicted octanol–water partition coefficient (Wildman–Crippen LogP) is 0.346. The molecule has 1 saturated heterocycles. The molecule has 0 saturated carbocycles. The van der Waals surface area contributed by atoms with E-state index in [0.29, 0.717) is 12.6 Å². The molecule has 64 valence electrons. The van der Waals surface area contributed by atoms with Gasteiger partial charge in [0, 0.05) is 25.6 Å². The summed E-state index contributed by atoms with van der Waals surface area (Å²) in [6, 6.07) is 0.464. The van der Waals surface area contributed by atoms with E-state index in [0.717, 1.165) is 25.8 Å². The first-order valence-corrected chi connectivity index (χ1v) is 4.29. The Balaban J connectivity index is 2.49. The molecule has 1 aliphatic rings. The van der Waals surface area contributed by atoms with E-state index in [1.165, 1.54) is 0 Å². The molecule has 3 nitrogen and oxygen atoms in total. The fraction of sp³-hybridized carbons (Fsp3) is 0.875. The molecule has 0 bridgehead atoms. The molecule has 0 aromatic rings. The molecular weight excluding hydrogens is 140 g/mol. The minimum atomic E-state index is 0.280. The summed E-state index contributed by atoms with van der Waals surface area (Å²) >= 11 is 0. The molecule has 1 amide bonds. The minimum Gasteiger partial charge on any atom is -0.338 e. The average Bonchev–Trinajstić information content (AvgIpc) is 2.34. The van der Waals surface area contributed by atoms with Crippen LogP contribution in [0.4, 0.5) is 0 Å². The molecule has 1 atom stereocenters. The Bertz CT molecular complexity index is 147. The van der Waals surface area contributed by atoms with Crippen LogP contribution >= 0.6 is 0 Å². The first-order chi connectivity index (χ1) is 5.29. The van der Waals surface area contributed by atoms with Crippen molar-refractivity contribution in [3.05, 3.63) is 0 Å². The minimum absolute atomic E-state index is 0.280. The van der Waals surface area contributed by atoms with Gasteiger partial charge in [0.05, 0.1) is 0 Å². The average molecular weight is 156 g/mol. The second-order valence-corrected chi connectivity index (χ2v) is 2.98. The Morgan fingerprint density at radius 2 is 2.45 bits per heavy atom. The maximum absolute atomic E-state index is 11.2. The summed E-state index contributed by atoms with van der Waals surface area (Å²) in [5, 5.41) is 0. The molecule has 0 aromatic heterocycles. The highest BCUT2D eigenvalue weighted by molar-refractivity contribution is 5.78. The van der Waals surface area contributed by atoms with E-state index in [-0.39, 0.29) is 5.91 Å². The smallest absolute Gasteiger partial charge is 0.222 e.